The summed E-state index contributed by atoms with van der Waals surface area (Å²) in [6.07, 6.45) is 0. The van der Waals surface area contributed by atoms with E-state index in [0.717, 1.165) is 17.1 Å². The fraction of sp³-hybridized carbons (Fsp3) is 0.0189. The molecular formula is C53H35N. The maximum Gasteiger partial charge on any atom is 0.0726 e. The maximum absolute atomic E-state index is 2.48. The van der Waals surface area contributed by atoms with E-state index in [-0.39, 0.29) is 0 Å². The van der Waals surface area contributed by atoms with Crippen LogP contribution >= 0.6 is 0 Å². The van der Waals surface area contributed by atoms with Gasteiger partial charge in [-0.1, -0.05) is 164 Å². The molecule has 11 rings (SSSR count). The van der Waals surface area contributed by atoms with Crippen molar-refractivity contribution < 1.29 is 0 Å². The van der Waals surface area contributed by atoms with Crippen molar-refractivity contribution in [2.24, 2.45) is 0 Å². The zero-order chi connectivity index (χ0) is 35.6. The Bertz CT molecular complexity index is 2770. The Labute approximate surface area is 316 Å². The summed E-state index contributed by atoms with van der Waals surface area (Å²) >= 11 is 0. The Morgan fingerprint density at radius 2 is 0.667 bits per heavy atom. The van der Waals surface area contributed by atoms with Gasteiger partial charge >= 0.3 is 0 Å². The van der Waals surface area contributed by atoms with Gasteiger partial charge in [0.05, 0.1) is 5.41 Å². The van der Waals surface area contributed by atoms with Crippen LogP contribution in [0.25, 0.3) is 55.3 Å². The third-order valence-electron chi connectivity index (χ3n) is 11.7. The molecule has 9 aromatic carbocycles. The smallest absolute Gasteiger partial charge is 0.0726 e. The summed E-state index contributed by atoms with van der Waals surface area (Å²) in [5.41, 5.74) is 18.4. The molecule has 1 spiro atoms. The van der Waals surface area contributed by atoms with Gasteiger partial charge in [0.2, 0.25) is 0 Å². The van der Waals surface area contributed by atoms with E-state index in [0.29, 0.717) is 0 Å². The molecule has 0 bridgehead atoms. The van der Waals surface area contributed by atoms with Gasteiger partial charge in [-0.15, -0.1) is 0 Å². The molecule has 0 saturated carbocycles. The second-order valence-corrected chi connectivity index (χ2v) is 14.5. The van der Waals surface area contributed by atoms with Gasteiger partial charge in [0.25, 0.3) is 0 Å². The van der Waals surface area contributed by atoms with Crippen molar-refractivity contribution in [1.29, 1.82) is 0 Å². The van der Waals surface area contributed by atoms with Crippen molar-refractivity contribution in [1.82, 2.24) is 0 Å². The highest BCUT2D eigenvalue weighted by atomic mass is 15.1. The Morgan fingerprint density at radius 1 is 0.259 bits per heavy atom. The fourth-order valence-electron chi connectivity index (χ4n) is 9.26. The van der Waals surface area contributed by atoms with Crippen LogP contribution in [0.15, 0.2) is 212 Å². The van der Waals surface area contributed by atoms with E-state index in [9.17, 15) is 0 Å². The Balaban J connectivity index is 1.14. The predicted molar refractivity (Wildman–Crippen MR) is 226 cm³/mol. The van der Waals surface area contributed by atoms with E-state index < -0.39 is 5.41 Å². The zero-order valence-electron chi connectivity index (χ0n) is 29.7. The molecule has 0 amide bonds. The van der Waals surface area contributed by atoms with Gasteiger partial charge in [0, 0.05) is 17.1 Å². The Hall–Kier alpha value is -6.96. The number of hydrogen-bond donors (Lipinski definition) is 0. The van der Waals surface area contributed by atoms with Crippen LogP contribution < -0.4 is 4.90 Å². The molecule has 2 aliphatic carbocycles. The molecule has 0 N–H and O–H groups in total. The fourth-order valence-corrected chi connectivity index (χ4v) is 9.26. The quantitative estimate of drug-likeness (QED) is 0.174. The topological polar surface area (TPSA) is 3.24 Å². The number of hydrogen-bond acceptors (Lipinski definition) is 1. The Kier molecular flexibility index (Phi) is 6.84. The van der Waals surface area contributed by atoms with Crippen LogP contribution in [-0.2, 0) is 5.41 Å². The first kappa shape index (κ1) is 30.6. The normalized spacial score (nSPS) is 14.7. The van der Waals surface area contributed by atoms with Gasteiger partial charge in [-0.05, 0) is 126 Å². The third kappa shape index (κ3) is 4.52. The largest absolute Gasteiger partial charge is 0.310 e. The molecule has 2 aliphatic rings. The van der Waals surface area contributed by atoms with Crippen LogP contribution in [0.4, 0.5) is 17.1 Å². The molecule has 1 atom stereocenters. The van der Waals surface area contributed by atoms with Crippen molar-refractivity contribution in [3.8, 4) is 44.5 Å². The Morgan fingerprint density at radius 3 is 1.24 bits per heavy atom. The van der Waals surface area contributed by atoms with Gasteiger partial charge in [0.1, 0.15) is 0 Å². The number of fused-ring (bicyclic) bond motifs is 11. The molecule has 1 heteroatoms. The summed E-state index contributed by atoms with van der Waals surface area (Å²) in [5, 5.41) is 2.54. The van der Waals surface area contributed by atoms with E-state index in [2.05, 4.69) is 217 Å². The minimum absolute atomic E-state index is 0.447. The van der Waals surface area contributed by atoms with E-state index >= 15 is 0 Å². The molecular weight excluding hydrogens is 651 g/mol. The van der Waals surface area contributed by atoms with Crippen LogP contribution in [0.1, 0.15) is 22.3 Å². The monoisotopic (exact) mass is 685 g/mol. The summed E-state index contributed by atoms with van der Waals surface area (Å²) in [5.74, 6) is 0. The summed E-state index contributed by atoms with van der Waals surface area (Å²) in [6.45, 7) is 0. The molecule has 9 aromatic rings. The zero-order valence-corrected chi connectivity index (χ0v) is 29.7. The first-order chi connectivity index (χ1) is 26.8. The lowest BCUT2D eigenvalue weighted by molar-refractivity contribution is 0.795. The molecule has 252 valence electrons. The van der Waals surface area contributed by atoms with Gasteiger partial charge in [0.15, 0.2) is 0 Å². The van der Waals surface area contributed by atoms with Gasteiger partial charge in [-0.3, -0.25) is 0 Å². The van der Waals surface area contributed by atoms with Gasteiger partial charge < -0.3 is 4.90 Å². The van der Waals surface area contributed by atoms with E-state index in [4.69, 9.17) is 0 Å². The lowest BCUT2D eigenvalue weighted by atomic mass is 9.70. The van der Waals surface area contributed by atoms with Crippen molar-refractivity contribution in [3.05, 3.63) is 235 Å². The first-order valence-electron chi connectivity index (χ1n) is 18.8. The summed E-state index contributed by atoms with van der Waals surface area (Å²) in [7, 11) is 0. The molecule has 1 unspecified atom stereocenters. The van der Waals surface area contributed by atoms with Crippen molar-refractivity contribution in [3.63, 3.8) is 0 Å². The number of nitrogens with zero attached hydrogens (tertiary/aromatic N) is 1. The molecule has 0 saturated heterocycles. The molecule has 0 fully saturated rings. The van der Waals surface area contributed by atoms with Crippen LogP contribution in [0.3, 0.4) is 0 Å². The maximum atomic E-state index is 2.48. The first-order valence-corrected chi connectivity index (χ1v) is 18.8. The number of rotatable bonds is 5. The second kappa shape index (κ2) is 12.0. The van der Waals surface area contributed by atoms with Crippen molar-refractivity contribution >= 4 is 27.8 Å². The molecule has 0 radical (unpaired) electrons. The van der Waals surface area contributed by atoms with E-state index in [1.165, 1.54) is 77.5 Å². The summed E-state index contributed by atoms with van der Waals surface area (Å²) < 4.78 is 0. The van der Waals surface area contributed by atoms with E-state index in [1.807, 2.05) is 0 Å². The lowest BCUT2D eigenvalue weighted by Crippen LogP contribution is -2.26. The SMILES string of the molecule is c1ccc(-c2ccc(N(c3ccc(-c4ccccc4)cc3)c3ccc4c(c3)C3(c5ccccc5-4)c4ccccc4-c4cc5ccccc5cc43)cc2)cc1. The highest BCUT2D eigenvalue weighted by Gasteiger charge is 2.51. The third-order valence-corrected chi connectivity index (χ3v) is 11.7. The summed E-state index contributed by atoms with van der Waals surface area (Å²) in [6, 6.07) is 78.2. The van der Waals surface area contributed by atoms with Gasteiger partial charge in [-0.2, -0.15) is 0 Å². The number of anilines is 3. The average molecular weight is 686 g/mol. The average Bonchev–Trinajstić information content (AvgIpc) is 3.70. The van der Waals surface area contributed by atoms with Crippen LogP contribution in [0.5, 0.6) is 0 Å². The van der Waals surface area contributed by atoms with Crippen LogP contribution in [-0.4, -0.2) is 0 Å². The molecule has 1 nitrogen and oxygen atoms in total. The van der Waals surface area contributed by atoms with Crippen molar-refractivity contribution in [2.45, 2.75) is 5.41 Å². The van der Waals surface area contributed by atoms with E-state index in [1.54, 1.807) is 0 Å². The standard InChI is InChI=1S/C53H35N/c1-3-13-36(14-4-1)38-23-27-42(28-24-38)54(43-29-25-39(26-30-43)37-15-5-2-6-16-37)44-31-32-47-45-19-9-11-21-49(45)53(52(47)35-44)50-22-12-10-20-46(50)48-33-40-17-7-8-18-41(40)34-51(48)53/h1-35H. The number of benzene rings is 9. The molecule has 0 heterocycles. The summed E-state index contributed by atoms with van der Waals surface area (Å²) in [4.78, 5) is 2.42. The molecule has 0 aromatic heterocycles. The van der Waals surface area contributed by atoms with Gasteiger partial charge in [-0.25, -0.2) is 0 Å². The van der Waals surface area contributed by atoms with Crippen LogP contribution in [0.2, 0.25) is 0 Å². The highest BCUT2D eigenvalue weighted by molar-refractivity contribution is 6.00. The minimum Gasteiger partial charge on any atom is -0.310 e. The van der Waals surface area contributed by atoms with Crippen molar-refractivity contribution in [2.75, 3.05) is 4.90 Å². The molecule has 0 aliphatic heterocycles. The molecule has 54 heavy (non-hydrogen) atoms. The minimum atomic E-state index is -0.447. The second-order valence-electron chi connectivity index (χ2n) is 14.5. The van der Waals surface area contributed by atoms with Crippen LogP contribution in [0, 0.1) is 0 Å². The predicted octanol–water partition coefficient (Wildman–Crippen LogP) is 14.0. The highest BCUT2D eigenvalue weighted by Crippen LogP contribution is 2.63. The lowest BCUT2D eigenvalue weighted by Gasteiger charge is -2.32.